The van der Waals surface area contributed by atoms with Gasteiger partial charge in [0.05, 0.1) is 0 Å². The molecule has 1 heterocycles. The van der Waals surface area contributed by atoms with Crippen LogP contribution in [0.2, 0.25) is 0 Å². The molecule has 2 unspecified atom stereocenters. The topological polar surface area (TPSA) is 58.2 Å². The number of nitrogens with one attached hydrogen (secondary N) is 2. The maximum Gasteiger partial charge on any atom is 0.250 e. The minimum Gasteiger partial charge on any atom is -0.315 e. The molecule has 2 N–H and O–H groups in total. The first-order chi connectivity index (χ1) is 9.53. The minimum atomic E-state index is -3.34. The third-order valence-corrected chi connectivity index (χ3v) is 7.08. The second kappa shape index (κ2) is 7.02. The Morgan fingerprint density at radius 2 is 2.05 bits per heavy atom. The minimum absolute atomic E-state index is 0.422. The van der Waals surface area contributed by atoms with Crippen LogP contribution in [0.3, 0.4) is 0 Å². The van der Waals surface area contributed by atoms with Crippen molar-refractivity contribution in [3.05, 3.63) is 17.0 Å². The molecule has 1 fully saturated rings. The lowest BCUT2D eigenvalue weighted by Gasteiger charge is -2.28. The third kappa shape index (κ3) is 4.04. The Labute approximate surface area is 126 Å². The lowest BCUT2D eigenvalue weighted by Crippen LogP contribution is -2.33. The zero-order valence-corrected chi connectivity index (χ0v) is 13.8. The Balaban J connectivity index is 1.95. The highest BCUT2D eigenvalue weighted by molar-refractivity contribution is 7.91. The van der Waals surface area contributed by atoms with Gasteiger partial charge in [0, 0.05) is 18.0 Å². The van der Waals surface area contributed by atoms with Crippen molar-refractivity contribution in [2.75, 3.05) is 13.6 Å². The van der Waals surface area contributed by atoms with Crippen LogP contribution in [0, 0.1) is 11.8 Å². The van der Waals surface area contributed by atoms with E-state index in [4.69, 9.17) is 0 Å². The fourth-order valence-corrected chi connectivity index (χ4v) is 5.26. The van der Waals surface area contributed by atoms with E-state index in [1.807, 2.05) is 13.1 Å². The van der Waals surface area contributed by atoms with Crippen LogP contribution in [0.15, 0.2) is 16.3 Å². The maximum atomic E-state index is 12.3. The molecule has 0 spiro atoms. The highest BCUT2D eigenvalue weighted by Gasteiger charge is 2.24. The summed E-state index contributed by atoms with van der Waals surface area (Å²) in [4.78, 5) is 1.04. The van der Waals surface area contributed by atoms with Gasteiger partial charge in [-0.2, -0.15) is 0 Å². The van der Waals surface area contributed by atoms with E-state index in [-0.39, 0.29) is 0 Å². The zero-order valence-electron chi connectivity index (χ0n) is 12.2. The molecule has 0 aromatic carbocycles. The molecule has 0 aliphatic heterocycles. The number of thiophene rings is 1. The molecule has 2 rings (SSSR count). The van der Waals surface area contributed by atoms with E-state index in [1.165, 1.54) is 30.6 Å². The summed E-state index contributed by atoms with van der Waals surface area (Å²) in [5.74, 6) is 1.10. The van der Waals surface area contributed by atoms with E-state index in [0.29, 0.717) is 29.1 Å². The van der Waals surface area contributed by atoms with Crippen molar-refractivity contribution in [2.45, 2.75) is 43.4 Å². The molecule has 1 aromatic heterocycles. The molecule has 1 saturated carbocycles. The monoisotopic (exact) mass is 316 g/mol. The first-order valence-corrected chi connectivity index (χ1v) is 9.56. The summed E-state index contributed by atoms with van der Waals surface area (Å²) >= 11 is 1.34. The maximum absolute atomic E-state index is 12.3. The van der Waals surface area contributed by atoms with E-state index in [9.17, 15) is 8.42 Å². The van der Waals surface area contributed by atoms with Crippen LogP contribution in [-0.2, 0) is 16.6 Å². The molecular formula is C14H24N2O2S2. The van der Waals surface area contributed by atoms with Crippen LogP contribution in [0.25, 0.3) is 0 Å². The molecule has 2 atom stereocenters. The molecule has 1 aliphatic carbocycles. The average Bonchev–Trinajstić information content (AvgIpc) is 2.88. The summed E-state index contributed by atoms with van der Waals surface area (Å²) in [6.45, 7) is 3.51. The van der Waals surface area contributed by atoms with E-state index in [1.54, 1.807) is 6.07 Å². The van der Waals surface area contributed by atoms with Gasteiger partial charge < -0.3 is 5.32 Å². The van der Waals surface area contributed by atoms with Crippen molar-refractivity contribution in [2.24, 2.45) is 11.8 Å². The van der Waals surface area contributed by atoms with Gasteiger partial charge in [-0.3, -0.25) is 0 Å². The van der Waals surface area contributed by atoms with E-state index in [2.05, 4.69) is 17.0 Å². The van der Waals surface area contributed by atoms with Crippen LogP contribution < -0.4 is 10.0 Å². The largest absolute Gasteiger partial charge is 0.315 e. The Morgan fingerprint density at radius 3 is 2.75 bits per heavy atom. The molecule has 6 heteroatoms. The van der Waals surface area contributed by atoms with Gasteiger partial charge in [0.15, 0.2) is 0 Å². The molecule has 0 bridgehead atoms. The van der Waals surface area contributed by atoms with Gasteiger partial charge in [0.1, 0.15) is 4.21 Å². The van der Waals surface area contributed by atoms with Gasteiger partial charge in [-0.05, 0) is 37.4 Å². The van der Waals surface area contributed by atoms with Crippen molar-refractivity contribution in [3.63, 3.8) is 0 Å². The molecule has 4 nitrogen and oxygen atoms in total. The van der Waals surface area contributed by atoms with Crippen LogP contribution in [0.4, 0.5) is 0 Å². The molecule has 114 valence electrons. The molecule has 0 saturated heterocycles. The summed E-state index contributed by atoms with van der Waals surface area (Å²) in [6.07, 6.45) is 4.86. The van der Waals surface area contributed by atoms with Crippen LogP contribution >= 0.6 is 11.3 Å². The average molecular weight is 316 g/mol. The van der Waals surface area contributed by atoms with Crippen molar-refractivity contribution < 1.29 is 8.42 Å². The van der Waals surface area contributed by atoms with Crippen LogP contribution in [-0.4, -0.2) is 22.0 Å². The van der Waals surface area contributed by atoms with Gasteiger partial charge in [-0.1, -0.05) is 26.2 Å². The zero-order chi connectivity index (χ0) is 14.6. The summed E-state index contributed by atoms with van der Waals surface area (Å²) in [5, 5.41) is 3.03. The SMILES string of the molecule is CNCc1ccc(S(=O)(=O)NCC2CCCCC2C)s1. The number of hydrogen-bond donors (Lipinski definition) is 2. The predicted molar refractivity (Wildman–Crippen MR) is 83.4 cm³/mol. The fraction of sp³-hybridized carbons (Fsp3) is 0.714. The first kappa shape index (κ1) is 15.9. The summed E-state index contributed by atoms with van der Waals surface area (Å²) in [6, 6.07) is 3.57. The Morgan fingerprint density at radius 1 is 1.30 bits per heavy atom. The standard InChI is InChI=1S/C14H24N2O2S2/c1-11-5-3-4-6-12(11)9-16-20(17,18)14-8-7-13(19-14)10-15-2/h7-8,11-12,15-16H,3-6,9-10H2,1-2H3. The van der Waals surface area contributed by atoms with Gasteiger partial charge in [-0.25, -0.2) is 13.1 Å². The van der Waals surface area contributed by atoms with Crippen LogP contribution in [0.5, 0.6) is 0 Å². The number of rotatable bonds is 6. The first-order valence-electron chi connectivity index (χ1n) is 7.26. The second-order valence-corrected chi connectivity index (χ2v) is 8.79. The molecule has 1 aromatic rings. The molecule has 20 heavy (non-hydrogen) atoms. The number of hydrogen-bond acceptors (Lipinski definition) is 4. The van der Waals surface area contributed by atoms with Crippen molar-refractivity contribution in [1.29, 1.82) is 0 Å². The lowest BCUT2D eigenvalue weighted by molar-refractivity contribution is 0.257. The van der Waals surface area contributed by atoms with E-state index in [0.717, 1.165) is 11.3 Å². The Bertz CT molecular complexity index is 525. The smallest absolute Gasteiger partial charge is 0.250 e. The molecular weight excluding hydrogens is 292 g/mol. The lowest BCUT2D eigenvalue weighted by atomic mass is 9.81. The van der Waals surface area contributed by atoms with Crippen LogP contribution in [0.1, 0.15) is 37.5 Å². The normalized spacial score (nSPS) is 23.9. The van der Waals surface area contributed by atoms with Crippen molar-refractivity contribution >= 4 is 21.4 Å². The molecule has 1 aliphatic rings. The van der Waals surface area contributed by atoms with E-state index < -0.39 is 10.0 Å². The quantitative estimate of drug-likeness (QED) is 0.848. The van der Waals surface area contributed by atoms with Crippen molar-refractivity contribution in [1.82, 2.24) is 10.0 Å². The van der Waals surface area contributed by atoms with Gasteiger partial charge in [0.2, 0.25) is 10.0 Å². The highest BCUT2D eigenvalue weighted by Crippen LogP contribution is 2.29. The van der Waals surface area contributed by atoms with Crippen molar-refractivity contribution in [3.8, 4) is 0 Å². The van der Waals surface area contributed by atoms with E-state index >= 15 is 0 Å². The van der Waals surface area contributed by atoms with Gasteiger partial charge in [0.25, 0.3) is 0 Å². The fourth-order valence-electron chi connectivity index (χ4n) is 2.76. The predicted octanol–water partition coefficient (Wildman–Crippen LogP) is 2.57. The second-order valence-electron chi connectivity index (χ2n) is 5.62. The molecule has 0 radical (unpaired) electrons. The molecule has 0 amide bonds. The Kier molecular flexibility index (Phi) is 5.60. The van der Waals surface area contributed by atoms with Gasteiger partial charge in [-0.15, -0.1) is 11.3 Å². The summed E-state index contributed by atoms with van der Waals surface area (Å²) < 4.78 is 27.8. The third-order valence-electron chi connectivity index (χ3n) is 4.08. The number of sulfonamides is 1. The van der Waals surface area contributed by atoms with Gasteiger partial charge >= 0.3 is 0 Å². The Hall–Kier alpha value is -0.430. The highest BCUT2D eigenvalue weighted by atomic mass is 32.2. The summed E-state index contributed by atoms with van der Waals surface area (Å²) in [7, 11) is -1.48. The summed E-state index contributed by atoms with van der Waals surface area (Å²) in [5.41, 5.74) is 0.